The van der Waals surface area contributed by atoms with Crippen LogP contribution in [0.2, 0.25) is 0 Å². The van der Waals surface area contributed by atoms with Gasteiger partial charge in [-0.3, -0.25) is 25.8 Å². The second kappa shape index (κ2) is 10.2. The number of rotatable bonds is 5. The molecule has 0 fully saturated rings. The van der Waals surface area contributed by atoms with E-state index in [0.29, 0.717) is 29.4 Å². The van der Waals surface area contributed by atoms with Crippen LogP contribution in [0.15, 0.2) is 46.9 Å². The average molecular weight is 464 g/mol. The number of benzene rings is 2. The minimum Gasteiger partial charge on any atom is -0.492 e. The monoisotopic (exact) mass is 463 g/mol. The van der Waals surface area contributed by atoms with Crippen LogP contribution in [0.5, 0.6) is 5.75 Å². The molecule has 2 aromatic rings. The molecule has 0 unspecified atom stereocenters. The minimum atomic E-state index is -0.427. The summed E-state index contributed by atoms with van der Waals surface area (Å²) in [5, 5.41) is 2.50. The van der Waals surface area contributed by atoms with Crippen LogP contribution in [-0.4, -0.2) is 23.5 Å². The third kappa shape index (κ3) is 6.31. The van der Waals surface area contributed by atoms with E-state index < -0.39 is 5.91 Å². The first kappa shape index (κ1) is 21.8. The molecule has 6 nitrogen and oxygen atoms in total. The molecule has 0 bridgehead atoms. The van der Waals surface area contributed by atoms with E-state index in [4.69, 9.17) is 17.0 Å². The van der Waals surface area contributed by atoms with Gasteiger partial charge in [0.2, 0.25) is 0 Å². The van der Waals surface area contributed by atoms with Crippen molar-refractivity contribution in [3.05, 3.63) is 63.6 Å². The summed E-state index contributed by atoms with van der Waals surface area (Å²) in [7, 11) is 0. The van der Waals surface area contributed by atoms with E-state index in [0.717, 1.165) is 10.0 Å². The van der Waals surface area contributed by atoms with Crippen molar-refractivity contribution in [3.8, 4) is 5.75 Å². The molecule has 8 heteroatoms. The lowest BCUT2D eigenvalue weighted by Crippen LogP contribution is -2.48. The summed E-state index contributed by atoms with van der Waals surface area (Å²) >= 11 is 8.47. The topological polar surface area (TPSA) is 79.5 Å². The van der Waals surface area contributed by atoms with Crippen molar-refractivity contribution in [2.45, 2.75) is 20.8 Å². The number of carbonyl (C=O) groups excluding carboxylic acids is 2. The molecule has 3 N–H and O–H groups in total. The normalized spacial score (nSPS) is 10.3. The summed E-state index contributed by atoms with van der Waals surface area (Å²) in [5.41, 5.74) is 6.82. The van der Waals surface area contributed by atoms with Crippen LogP contribution in [0.1, 0.15) is 40.1 Å². The van der Waals surface area contributed by atoms with E-state index in [1.807, 2.05) is 26.8 Å². The molecule has 28 heavy (non-hydrogen) atoms. The zero-order valence-electron chi connectivity index (χ0n) is 15.8. The van der Waals surface area contributed by atoms with Crippen molar-refractivity contribution < 1.29 is 14.3 Å². The molecule has 0 spiro atoms. The standard InChI is InChI=1S/C20H22BrN3O3S/c1-12(2)11-27-17-7-5-4-6-15(17)19(26)22-20(28)24-23-18(25)14-9-8-13(3)16(21)10-14/h4-10,12H,11H2,1-3H3,(H,23,25)(H2,22,24,26,28). The second-order valence-corrected chi connectivity index (χ2v) is 7.79. The maximum atomic E-state index is 12.5. The van der Waals surface area contributed by atoms with Crippen molar-refractivity contribution in [2.75, 3.05) is 6.61 Å². The van der Waals surface area contributed by atoms with Crippen molar-refractivity contribution in [2.24, 2.45) is 5.92 Å². The number of amides is 2. The number of ether oxygens (including phenoxy) is 1. The number of aryl methyl sites for hydroxylation is 1. The number of halogens is 1. The molecule has 0 radical (unpaired) electrons. The SMILES string of the molecule is Cc1ccc(C(=O)NNC(=S)NC(=O)c2ccccc2OCC(C)C)cc1Br. The number of para-hydroxylation sites is 1. The van der Waals surface area contributed by atoms with Gasteiger partial charge in [0.1, 0.15) is 5.75 Å². The van der Waals surface area contributed by atoms with Gasteiger partial charge in [0.25, 0.3) is 11.8 Å². The lowest BCUT2D eigenvalue weighted by molar-refractivity contribution is 0.0933. The van der Waals surface area contributed by atoms with Crippen molar-refractivity contribution >= 4 is 45.1 Å². The van der Waals surface area contributed by atoms with Gasteiger partial charge in [-0.25, -0.2) is 0 Å². The predicted octanol–water partition coefficient (Wildman–Crippen LogP) is 3.74. The van der Waals surface area contributed by atoms with Gasteiger partial charge in [-0.2, -0.15) is 0 Å². The van der Waals surface area contributed by atoms with Gasteiger partial charge in [0, 0.05) is 10.0 Å². The highest BCUT2D eigenvalue weighted by atomic mass is 79.9. The molecule has 0 aliphatic heterocycles. The summed E-state index contributed by atoms with van der Waals surface area (Å²) < 4.78 is 6.51. The molecular weight excluding hydrogens is 442 g/mol. The Bertz CT molecular complexity index is 887. The minimum absolute atomic E-state index is 0.0248. The maximum Gasteiger partial charge on any atom is 0.269 e. The van der Waals surface area contributed by atoms with E-state index in [2.05, 4.69) is 32.1 Å². The zero-order valence-corrected chi connectivity index (χ0v) is 18.2. The van der Waals surface area contributed by atoms with E-state index in [1.165, 1.54) is 0 Å². The summed E-state index contributed by atoms with van der Waals surface area (Å²) in [6.07, 6.45) is 0. The van der Waals surface area contributed by atoms with Gasteiger partial charge in [-0.15, -0.1) is 0 Å². The van der Waals surface area contributed by atoms with Crippen LogP contribution < -0.4 is 20.9 Å². The van der Waals surface area contributed by atoms with E-state index in [-0.39, 0.29) is 11.0 Å². The molecule has 2 aromatic carbocycles. The summed E-state index contributed by atoms with van der Waals surface area (Å²) in [6, 6.07) is 12.1. The lowest BCUT2D eigenvalue weighted by Gasteiger charge is -2.14. The van der Waals surface area contributed by atoms with Gasteiger partial charge < -0.3 is 4.74 Å². The van der Waals surface area contributed by atoms with Crippen molar-refractivity contribution in [1.29, 1.82) is 0 Å². The number of carbonyl (C=O) groups is 2. The molecular formula is C20H22BrN3O3S. The summed E-state index contributed by atoms with van der Waals surface area (Å²) in [4.78, 5) is 24.7. The van der Waals surface area contributed by atoms with Crippen LogP contribution in [0, 0.1) is 12.8 Å². The van der Waals surface area contributed by atoms with Crippen molar-refractivity contribution in [1.82, 2.24) is 16.2 Å². The fourth-order valence-corrected chi connectivity index (χ4v) is 2.68. The van der Waals surface area contributed by atoms with Crippen LogP contribution in [0.4, 0.5) is 0 Å². The Balaban J connectivity index is 1.93. The quantitative estimate of drug-likeness (QED) is 0.464. The molecule has 148 valence electrons. The Morgan fingerprint density at radius 3 is 2.50 bits per heavy atom. The Hall–Kier alpha value is -2.45. The highest BCUT2D eigenvalue weighted by Gasteiger charge is 2.14. The molecule has 2 rings (SSSR count). The van der Waals surface area contributed by atoms with E-state index in [1.54, 1.807) is 36.4 Å². The van der Waals surface area contributed by atoms with E-state index >= 15 is 0 Å². The van der Waals surface area contributed by atoms with Crippen LogP contribution in [-0.2, 0) is 0 Å². The van der Waals surface area contributed by atoms with Gasteiger partial charge in [0.05, 0.1) is 12.2 Å². The fraction of sp³-hybridized carbons (Fsp3) is 0.250. The highest BCUT2D eigenvalue weighted by molar-refractivity contribution is 9.10. The highest BCUT2D eigenvalue weighted by Crippen LogP contribution is 2.19. The third-order valence-electron chi connectivity index (χ3n) is 3.65. The number of hydrazine groups is 1. The van der Waals surface area contributed by atoms with Crippen LogP contribution in [0.3, 0.4) is 0 Å². The maximum absolute atomic E-state index is 12.5. The molecule has 0 saturated heterocycles. The fourth-order valence-electron chi connectivity index (χ4n) is 2.16. The third-order valence-corrected chi connectivity index (χ3v) is 4.71. The van der Waals surface area contributed by atoms with Crippen LogP contribution in [0.25, 0.3) is 0 Å². The summed E-state index contributed by atoms with van der Waals surface area (Å²) in [5.74, 6) is 0.00285. The molecule has 0 saturated carbocycles. The molecule has 0 aliphatic rings. The molecule has 0 aromatic heterocycles. The number of thiocarbonyl (C=S) groups is 1. The first-order valence-electron chi connectivity index (χ1n) is 8.67. The Kier molecular flexibility index (Phi) is 7.95. The van der Waals surface area contributed by atoms with Gasteiger partial charge in [0.15, 0.2) is 5.11 Å². The Morgan fingerprint density at radius 2 is 1.82 bits per heavy atom. The molecule has 0 atom stereocenters. The van der Waals surface area contributed by atoms with Gasteiger partial charge >= 0.3 is 0 Å². The number of hydrogen-bond donors (Lipinski definition) is 3. The largest absolute Gasteiger partial charge is 0.492 e. The first-order valence-corrected chi connectivity index (χ1v) is 9.87. The second-order valence-electron chi connectivity index (χ2n) is 6.53. The molecule has 2 amide bonds. The first-order chi connectivity index (χ1) is 13.3. The van der Waals surface area contributed by atoms with Gasteiger partial charge in [-0.1, -0.05) is 48.0 Å². The molecule has 0 heterocycles. The summed E-state index contributed by atoms with van der Waals surface area (Å²) in [6.45, 7) is 6.47. The molecule has 0 aliphatic carbocycles. The predicted molar refractivity (Wildman–Crippen MR) is 116 cm³/mol. The average Bonchev–Trinajstić information content (AvgIpc) is 2.66. The lowest BCUT2D eigenvalue weighted by atomic mass is 10.1. The number of hydrogen-bond acceptors (Lipinski definition) is 4. The number of nitrogens with one attached hydrogen (secondary N) is 3. The Morgan fingerprint density at radius 1 is 1.11 bits per heavy atom. The van der Waals surface area contributed by atoms with Crippen molar-refractivity contribution in [3.63, 3.8) is 0 Å². The Labute approximate surface area is 178 Å². The van der Waals surface area contributed by atoms with Gasteiger partial charge in [-0.05, 0) is 54.9 Å². The smallest absolute Gasteiger partial charge is 0.269 e. The van der Waals surface area contributed by atoms with E-state index in [9.17, 15) is 9.59 Å². The zero-order chi connectivity index (χ0) is 20.7. The van der Waals surface area contributed by atoms with Crippen LogP contribution >= 0.6 is 28.1 Å².